The number of aryl methyl sites for hydroxylation is 1. The molecular formula is C19H21ClN4O2. The summed E-state index contributed by atoms with van der Waals surface area (Å²) in [5.41, 5.74) is 8.69. The average Bonchev–Trinajstić information content (AvgIpc) is 3.10. The summed E-state index contributed by atoms with van der Waals surface area (Å²) in [5.74, 6) is 1.83. The molecule has 2 aromatic heterocycles. The highest BCUT2D eigenvalue weighted by atomic mass is 35.5. The molecule has 2 N–H and O–H groups in total. The molecule has 1 aliphatic rings. The van der Waals surface area contributed by atoms with E-state index >= 15 is 0 Å². The van der Waals surface area contributed by atoms with Gasteiger partial charge in [-0.05, 0) is 56.0 Å². The molecule has 1 aromatic carbocycles. The number of hydrogen-bond acceptors (Lipinski definition) is 6. The highest BCUT2D eigenvalue weighted by molar-refractivity contribution is 5.85. The van der Waals surface area contributed by atoms with Crippen LogP contribution in [0.4, 0.5) is 0 Å². The van der Waals surface area contributed by atoms with Gasteiger partial charge in [-0.1, -0.05) is 17.3 Å². The van der Waals surface area contributed by atoms with Crippen molar-refractivity contribution in [3.8, 4) is 17.2 Å². The summed E-state index contributed by atoms with van der Waals surface area (Å²) < 4.78 is 11.2. The highest BCUT2D eigenvalue weighted by Crippen LogP contribution is 2.37. The van der Waals surface area contributed by atoms with E-state index in [0.29, 0.717) is 18.3 Å². The summed E-state index contributed by atoms with van der Waals surface area (Å²) in [6.07, 6.45) is 4.65. The van der Waals surface area contributed by atoms with Crippen LogP contribution in [0, 0.1) is 6.92 Å². The molecule has 0 saturated heterocycles. The molecule has 4 rings (SSSR count). The average molecular weight is 373 g/mol. The smallest absolute Gasteiger partial charge is 0.258 e. The molecule has 7 heteroatoms. The SMILES string of the molecule is Cc1ccc(OCc2cccc(-c3nc(C4(N)CCC4)no3)c2)cn1.Cl. The number of aromatic nitrogens is 3. The quantitative estimate of drug-likeness (QED) is 0.733. The van der Waals surface area contributed by atoms with Crippen LogP contribution in [-0.4, -0.2) is 15.1 Å². The van der Waals surface area contributed by atoms with Crippen LogP contribution in [0.15, 0.2) is 47.1 Å². The Balaban J connectivity index is 0.00000196. The summed E-state index contributed by atoms with van der Waals surface area (Å²) in [6, 6.07) is 11.7. The second kappa shape index (κ2) is 7.43. The molecule has 6 nitrogen and oxygen atoms in total. The van der Waals surface area contributed by atoms with E-state index in [1.54, 1.807) is 6.20 Å². The lowest BCUT2D eigenvalue weighted by Gasteiger charge is -2.34. The Morgan fingerprint density at radius 3 is 2.77 bits per heavy atom. The minimum atomic E-state index is -0.416. The standard InChI is InChI=1S/C19H20N4O2.ClH/c1-13-6-7-16(11-21-13)24-12-14-4-2-5-15(10-14)17-22-18(23-25-17)19(20)8-3-9-19;/h2,4-7,10-11H,3,8-9,12,20H2,1H3;1H. The molecular weight excluding hydrogens is 352 g/mol. The Hall–Kier alpha value is -2.44. The number of hydrogen-bond donors (Lipinski definition) is 1. The van der Waals surface area contributed by atoms with Crippen molar-refractivity contribution in [2.45, 2.75) is 38.3 Å². The molecule has 0 aliphatic heterocycles. The molecule has 1 aliphatic carbocycles. The summed E-state index contributed by atoms with van der Waals surface area (Å²) >= 11 is 0. The van der Waals surface area contributed by atoms with E-state index < -0.39 is 5.54 Å². The van der Waals surface area contributed by atoms with Gasteiger partial charge < -0.3 is 15.0 Å². The first kappa shape index (κ1) is 18.4. The first-order valence-corrected chi connectivity index (χ1v) is 8.40. The topological polar surface area (TPSA) is 87.1 Å². The molecule has 2 heterocycles. The van der Waals surface area contributed by atoms with Crippen LogP contribution >= 0.6 is 12.4 Å². The van der Waals surface area contributed by atoms with E-state index in [2.05, 4.69) is 15.1 Å². The minimum absolute atomic E-state index is 0. The van der Waals surface area contributed by atoms with Gasteiger partial charge in [-0.3, -0.25) is 4.98 Å². The van der Waals surface area contributed by atoms with Crippen molar-refractivity contribution in [3.05, 3.63) is 59.7 Å². The van der Waals surface area contributed by atoms with Crippen molar-refractivity contribution in [3.63, 3.8) is 0 Å². The normalized spacial score (nSPS) is 15.0. The number of ether oxygens (including phenoxy) is 1. The van der Waals surface area contributed by atoms with Crippen LogP contribution < -0.4 is 10.5 Å². The van der Waals surface area contributed by atoms with E-state index in [1.807, 2.05) is 43.3 Å². The molecule has 0 unspecified atom stereocenters. The van der Waals surface area contributed by atoms with Gasteiger partial charge in [0, 0.05) is 11.3 Å². The number of benzene rings is 1. The molecule has 0 radical (unpaired) electrons. The number of halogens is 1. The first-order chi connectivity index (χ1) is 12.1. The van der Waals surface area contributed by atoms with Gasteiger partial charge in [-0.25, -0.2) is 0 Å². The predicted molar refractivity (Wildman–Crippen MR) is 100 cm³/mol. The number of nitrogens with two attached hydrogens (primary N) is 1. The third-order valence-electron chi connectivity index (χ3n) is 4.58. The minimum Gasteiger partial charge on any atom is -0.487 e. The Kier molecular flexibility index (Phi) is 5.25. The maximum atomic E-state index is 6.26. The van der Waals surface area contributed by atoms with Gasteiger partial charge in [0.05, 0.1) is 11.7 Å². The Labute approximate surface area is 158 Å². The molecule has 0 amide bonds. The molecule has 0 atom stereocenters. The van der Waals surface area contributed by atoms with Crippen LogP contribution in [0.2, 0.25) is 0 Å². The Morgan fingerprint density at radius 2 is 2.08 bits per heavy atom. The van der Waals surface area contributed by atoms with E-state index in [4.69, 9.17) is 15.0 Å². The Bertz CT molecular complexity index is 875. The maximum absolute atomic E-state index is 6.26. The van der Waals surface area contributed by atoms with Crippen molar-refractivity contribution in [2.75, 3.05) is 0 Å². The Morgan fingerprint density at radius 1 is 1.23 bits per heavy atom. The van der Waals surface area contributed by atoms with Crippen molar-refractivity contribution in [1.82, 2.24) is 15.1 Å². The zero-order valence-corrected chi connectivity index (χ0v) is 15.3. The van der Waals surface area contributed by atoms with Crippen molar-refractivity contribution >= 4 is 12.4 Å². The number of nitrogens with zero attached hydrogens (tertiary/aromatic N) is 3. The second-order valence-corrected chi connectivity index (χ2v) is 6.56. The second-order valence-electron chi connectivity index (χ2n) is 6.56. The lowest BCUT2D eigenvalue weighted by atomic mass is 9.77. The molecule has 0 bridgehead atoms. The third-order valence-corrected chi connectivity index (χ3v) is 4.58. The fourth-order valence-electron chi connectivity index (χ4n) is 2.82. The van der Waals surface area contributed by atoms with Gasteiger partial charge in [-0.2, -0.15) is 4.98 Å². The van der Waals surface area contributed by atoms with Crippen molar-refractivity contribution in [1.29, 1.82) is 0 Å². The monoisotopic (exact) mass is 372 g/mol. The first-order valence-electron chi connectivity index (χ1n) is 8.40. The molecule has 1 saturated carbocycles. The summed E-state index contributed by atoms with van der Waals surface area (Å²) in [4.78, 5) is 8.72. The molecule has 26 heavy (non-hydrogen) atoms. The lowest BCUT2D eigenvalue weighted by molar-refractivity contribution is 0.229. The van der Waals surface area contributed by atoms with Gasteiger partial charge in [-0.15, -0.1) is 12.4 Å². The number of pyridine rings is 1. The molecule has 3 aromatic rings. The van der Waals surface area contributed by atoms with Gasteiger partial charge in [0.2, 0.25) is 0 Å². The maximum Gasteiger partial charge on any atom is 0.258 e. The van der Waals surface area contributed by atoms with Crippen LogP contribution in [-0.2, 0) is 12.1 Å². The van der Waals surface area contributed by atoms with Crippen LogP contribution in [0.5, 0.6) is 5.75 Å². The van der Waals surface area contributed by atoms with E-state index in [9.17, 15) is 0 Å². The van der Waals surface area contributed by atoms with Crippen molar-refractivity contribution < 1.29 is 9.26 Å². The zero-order chi connectivity index (χ0) is 17.3. The van der Waals surface area contributed by atoms with Gasteiger partial charge in [0.15, 0.2) is 5.82 Å². The highest BCUT2D eigenvalue weighted by Gasteiger charge is 2.39. The molecule has 1 fully saturated rings. The fraction of sp³-hybridized carbons (Fsp3) is 0.316. The van der Waals surface area contributed by atoms with E-state index in [1.165, 1.54) is 0 Å². The van der Waals surface area contributed by atoms with E-state index in [-0.39, 0.29) is 12.4 Å². The van der Waals surface area contributed by atoms with Gasteiger partial charge >= 0.3 is 0 Å². The zero-order valence-electron chi connectivity index (χ0n) is 14.5. The summed E-state index contributed by atoms with van der Waals surface area (Å²) in [7, 11) is 0. The van der Waals surface area contributed by atoms with Crippen LogP contribution in [0.1, 0.15) is 36.3 Å². The summed E-state index contributed by atoms with van der Waals surface area (Å²) in [5, 5.41) is 4.07. The largest absolute Gasteiger partial charge is 0.487 e. The van der Waals surface area contributed by atoms with Gasteiger partial charge in [0.25, 0.3) is 5.89 Å². The molecule has 136 valence electrons. The predicted octanol–water partition coefficient (Wildman–Crippen LogP) is 3.78. The number of rotatable bonds is 5. The van der Waals surface area contributed by atoms with E-state index in [0.717, 1.165) is 41.8 Å². The van der Waals surface area contributed by atoms with Gasteiger partial charge in [0.1, 0.15) is 12.4 Å². The molecule has 0 spiro atoms. The van der Waals surface area contributed by atoms with Crippen LogP contribution in [0.25, 0.3) is 11.5 Å². The summed E-state index contributed by atoms with van der Waals surface area (Å²) in [6.45, 7) is 2.39. The van der Waals surface area contributed by atoms with Crippen LogP contribution in [0.3, 0.4) is 0 Å². The fourth-order valence-corrected chi connectivity index (χ4v) is 2.82. The van der Waals surface area contributed by atoms with Crippen molar-refractivity contribution in [2.24, 2.45) is 5.73 Å². The lowest BCUT2D eigenvalue weighted by Crippen LogP contribution is -2.44. The third kappa shape index (κ3) is 3.71.